The molecule has 0 spiro atoms. The summed E-state index contributed by atoms with van der Waals surface area (Å²) in [6, 6.07) is 15.6. The molecule has 0 bridgehead atoms. The maximum atomic E-state index is 12.7. The van der Waals surface area contributed by atoms with Crippen LogP contribution in [0.4, 0.5) is 5.69 Å². The predicted octanol–water partition coefficient (Wildman–Crippen LogP) is 3.43. The maximum absolute atomic E-state index is 12.7. The molecule has 1 N–H and O–H groups in total. The highest BCUT2D eigenvalue weighted by Crippen LogP contribution is 2.25. The first kappa shape index (κ1) is 21.4. The summed E-state index contributed by atoms with van der Waals surface area (Å²) in [4.78, 5) is 30.5. The molecule has 1 atom stereocenters. The number of thioether (sulfide) groups is 1. The van der Waals surface area contributed by atoms with Gasteiger partial charge in [-0.05, 0) is 43.4 Å². The van der Waals surface area contributed by atoms with Crippen molar-refractivity contribution in [2.75, 3.05) is 37.8 Å². The largest absolute Gasteiger partial charge is 0.340 e. The molecule has 1 aliphatic heterocycles. The molecule has 2 aromatic rings. The molecule has 1 fully saturated rings. The molecule has 5 nitrogen and oxygen atoms in total. The van der Waals surface area contributed by atoms with E-state index in [1.54, 1.807) is 11.8 Å². The quantitative estimate of drug-likeness (QED) is 0.740. The summed E-state index contributed by atoms with van der Waals surface area (Å²) in [6.07, 6.45) is 2.44. The van der Waals surface area contributed by atoms with E-state index >= 15 is 0 Å². The van der Waals surface area contributed by atoms with Crippen LogP contribution < -0.4 is 5.32 Å². The van der Waals surface area contributed by atoms with Crippen molar-refractivity contribution in [1.82, 2.24) is 9.80 Å². The Bertz CT molecular complexity index is 863. The highest BCUT2D eigenvalue weighted by Gasteiger charge is 2.27. The molecule has 2 amide bonds. The zero-order chi connectivity index (χ0) is 20.8. The Morgan fingerprint density at radius 1 is 1.03 bits per heavy atom. The molecule has 0 aliphatic carbocycles. The van der Waals surface area contributed by atoms with E-state index in [4.69, 9.17) is 0 Å². The minimum absolute atomic E-state index is 0.00816. The summed E-state index contributed by atoms with van der Waals surface area (Å²) < 4.78 is 0. The van der Waals surface area contributed by atoms with Crippen LogP contribution in [0.25, 0.3) is 0 Å². The van der Waals surface area contributed by atoms with E-state index in [2.05, 4.69) is 10.2 Å². The lowest BCUT2D eigenvalue weighted by Gasteiger charge is -2.37. The third-order valence-corrected chi connectivity index (χ3v) is 6.36. The van der Waals surface area contributed by atoms with Gasteiger partial charge < -0.3 is 10.2 Å². The maximum Gasteiger partial charge on any atom is 0.241 e. The minimum atomic E-state index is -0.237. The van der Waals surface area contributed by atoms with Gasteiger partial charge in [-0.1, -0.05) is 36.4 Å². The Hall–Kier alpha value is -2.31. The van der Waals surface area contributed by atoms with E-state index in [0.29, 0.717) is 32.6 Å². The second-order valence-corrected chi connectivity index (χ2v) is 8.23. The van der Waals surface area contributed by atoms with E-state index < -0.39 is 0 Å². The lowest BCUT2D eigenvalue weighted by molar-refractivity contribution is -0.133. The fourth-order valence-electron chi connectivity index (χ4n) is 3.59. The fourth-order valence-corrected chi connectivity index (χ4v) is 4.15. The van der Waals surface area contributed by atoms with Crippen molar-refractivity contribution in [3.63, 3.8) is 0 Å². The molecule has 154 valence electrons. The number of rotatable bonds is 6. The summed E-state index contributed by atoms with van der Waals surface area (Å²) in [5.74, 6) is 0.149. The Morgan fingerprint density at radius 3 is 2.38 bits per heavy atom. The van der Waals surface area contributed by atoms with Crippen LogP contribution in [0, 0.1) is 6.92 Å². The smallest absolute Gasteiger partial charge is 0.241 e. The number of carbonyl (C=O) groups excluding carboxylic acids is 2. The fraction of sp³-hybridized carbons (Fsp3) is 0.391. The predicted molar refractivity (Wildman–Crippen MR) is 119 cm³/mol. The molecule has 3 rings (SSSR count). The number of para-hydroxylation sites is 1. The first-order chi connectivity index (χ1) is 14.0. The third-order valence-electron chi connectivity index (χ3n) is 5.56. The van der Waals surface area contributed by atoms with E-state index in [9.17, 15) is 9.59 Å². The Kier molecular flexibility index (Phi) is 7.34. The molecule has 1 heterocycles. The van der Waals surface area contributed by atoms with Crippen LogP contribution in [-0.4, -0.2) is 60.1 Å². The van der Waals surface area contributed by atoms with Gasteiger partial charge in [0, 0.05) is 31.1 Å². The molecule has 1 aliphatic rings. The molecule has 0 aromatic heterocycles. The van der Waals surface area contributed by atoms with Gasteiger partial charge in [-0.3, -0.25) is 14.5 Å². The van der Waals surface area contributed by atoms with Crippen LogP contribution in [0.5, 0.6) is 0 Å². The van der Waals surface area contributed by atoms with Gasteiger partial charge in [0.15, 0.2) is 0 Å². The molecule has 0 radical (unpaired) electrons. The van der Waals surface area contributed by atoms with E-state index in [1.165, 1.54) is 0 Å². The van der Waals surface area contributed by atoms with Crippen LogP contribution >= 0.6 is 11.8 Å². The number of hydrogen-bond donors (Lipinski definition) is 1. The summed E-state index contributed by atoms with van der Waals surface area (Å²) in [7, 11) is 0. The molecule has 1 unspecified atom stereocenters. The third kappa shape index (κ3) is 5.40. The molecule has 6 heteroatoms. The number of benzene rings is 2. The van der Waals surface area contributed by atoms with Crippen molar-refractivity contribution in [2.24, 2.45) is 0 Å². The molecule has 2 aromatic carbocycles. The van der Waals surface area contributed by atoms with Gasteiger partial charge in [0.2, 0.25) is 11.8 Å². The van der Waals surface area contributed by atoms with Crippen molar-refractivity contribution in [1.29, 1.82) is 0 Å². The summed E-state index contributed by atoms with van der Waals surface area (Å²) >= 11 is 1.62. The zero-order valence-corrected chi connectivity index (χ0v) is 18.2. The second kappa shape index (κ2) is 9.94. The molecular weight excluding hydrogens is 382 g/mol. The number of nitrogens with one attached hydrogen (secondary N) is 1. The summed E-state index contributed by atoms with van der Waals surface area (Å²) in [5, 5.41) is 3.05. The van der Waals surface area contributed by atoms with Crippen LogP contribution in [0.1, 0.15) is 18.1 Å². The molecule has 0 saturated carbocycles. The average molecular weight is 412 g/mol. The normalized spacial score (nSPS) is 15.8. The van der Waals surface area contributed by atoms with Crippen molar-refractivity contribution < 1.29 is 9.59 Å². The molecule has 1 saturated heterocycles. The van der Waals surface area contributed by atoms with Crippen LogP contribution in [-0.2, 0) is 16.0 Å². The number of nitrogens with zero attached hydrogens (tertiary/aromatic N) is 2. The van der Waals surface area contributed by atoms with Crippen molar-refractivity contribution >= 4 is 29.3 Å². The number of carbonyl (C=O) groups is 2. The topological polar surface area (TPSA) is 52.7 Å². The lowest BCUT2D eigenvalue weighted by Crippen LogP contribution is -2.54. The van der Waals surface area contributed by atoms with Crippen LogP contribution in [0.2, 0.25) is 0 Å². The first-order valence-corrected chi connectivity index (χ1v) is 11.2. The van der Waals surface area contributed by atoms with Gasteiger partial charge >= 0.3 is 0 Å². The minimum Gasteiger partial charge on any atom is -0.340 e. The van der Waals surface area contributed by atoms with E-state index in [0.717, 1.165) is 21.7 Å². The van der Waals surface area contributed by atoms with Gasteiger partial charge in [-0.25, -0.2) is 0 Å². The number of aryl methyl sites for hydroxylation is 1. The van der Waals surface area contributed by atoms with Gasteiger partial charge in [-0.2, -0.15) is 0 Å². The van der Waals surface area contributed by atoms with Gasteiger partial charge in [-0.15, -0.1) is 11.8 Å². The first-order valence-electron chi connectivity index (χ1n) is 10.00. The van der Waals surface area contributed by atoms with Gasteiger partial charge in [0.1, 0.15) is 0 Å². The molecule has 29 heavy (non-hydrogen) atoms. The zero-order valence-electron chi connectivity index (χ0n) is 17.4. The summed E-state index contributed by atoms with van der Waals surface area (Å²) in [5.41, 5.74) is 3.08. The molecular formula is C23H29N3O2S. The number of anilines is 1. The number of amides is 2. The van der Waals surface area contributed by atoms with E-state index in [1.807, 2.05) is 73.5 Å². The van der Waals surface area contributed by atoms with Crippen LogP contribution in [0.15, 0.2) is 53.4 Å². The standard InChI is InChI=1S/C23H29N3O2S/c1-17-8-4-5-9-19(17)16-22(27)26-14-12-25(13-15-26)18(2)23(28)24-20-10-6-7-11-21(20)29-3/h4-11,18H,12-16H2,1-3H3,(H,24,28). The second-order valence-electron chi connectivity index (χ2n) is 7.39. The van der Waals surface area contributed by atoms with Crippen molar-refractivity contribution in [3.05, 3.63) is 59.7 Å². The Labute approximate surface area is 177 Å². The SMILES string of the molecule is CSc1ccccc1NC(=O)C(C)N1CCN(C(=O)Cc2ccccc2C)CC1. The average Bonchev–Trinajstić information content (AvgIpc) is 2.75. The number of piperazine rings is 1. The highest BCUT2D eigenvalue weighted by atomic mass is 32.2. The Balaban J connectivity index is 1.52. The lowest BCUT2D eigenvalue weighted by atomic mass is 10.1. The Morgan fingerprint density at radius 2 is 1.69 bits per heavy atom. The van der Waals surface area contributed by atoms with Gasteiger partial charge in [0.05, 0.1) is 18.2 Å². The van der Waals surface area contributed by atoms with E-state index in [-0.39, 0.29) is 17.9 Å². The van der Waals surface area contributed by atoms with Gasteiger partial charge in [0.25, 0.3) is 0 Å². The monoisotopic (exact) mass is 411 g/mol. The summed E-state index contributed by atoms with van der Waals surface area (Å²) in [6.45, 7) is 6.70. The van der Waals surface area contributed by atoms with Crippen LogP contribution in [0.3, 0.4) is 0 Å². The number of hydrogen-bond acceptors (Lipinski definition) is 4. The highest BCUT2D eigenvalue weighted by molar-refractivity contribution is 7.98. The van der Waals surface area contributed by atoms with Crippen molar-refractivity contribution in [2.45, 2.75) is 31.2 Å². The van der Waals surface area contributed by atoms with Crippen molar-refractivity contribution in [3.8, 4) is 0 Å².